The molecule has 42 heavy (non-hydrogen) atoms. The highest BCUT2D eigenvalue weighted by atomic mass is 16.6. The third-order valence-electron chi connectivity index (χ3n) is 8.95. The number of fused-ring (bicyclic) bond motifs is 2. The Morgan fingerprint density at radius 2 is 1.79 bits per heavy atom. The summed E-state index contributed by atoms with van der Waals surface area (Å²) in [5, 5.41) is 13.3. The Labute approximate surface area is 246 Å². The number of ether oxygens (including phenoxy) is 2. The molecule has 4 aliphatic rings. The van der Waals surface area contributed by atoms with Gasteiger partial charge in [-0.15, -0.1) is 0 Å². The minimum absolute atomic E-state index is 0.0801. The van der Waals surface area contributed by atoms with E-state index in [0.29, 0.717) is 18.5 Å². The fourth-order valence-electron chi connectivity index (χ4n) is 6.81. The fraction of sp³-hybridized carbons (Fsp3) is 0.562. The molecule has 0 aromatic heterocycles. The molecular weight excluding hydrogens is 538 g/mol. The quantitative estimate of drug-likeness (QED) is 0.405. The van der Waals surface area contributed by atoms with E-state index in [1.165, 1.54) is 4.90 Å². The number of hydrogen-bond acceptors (Lipinski definition) is 7. The molecule has 0 bridgehead atoms. The lowest BCUT2D eigenvalue weighted by Crippen LogP contribution is -2.59. The molecule has 7 atom stereocenters. The maximum Gasteiger partial charge on any atom is 0.313 e. The molecule has 2 saturated heterocycles. The number of rotatable bonds is 5. The van der Waals surface area contributed by atoms with Crippen molar-refractivity contribution >= 4 is 23.7 Å². The van der Waals surface area contributed by atoms with Gasteiger partial charge in [-0.05, 0) is 31.7 Å². The number of nitrogens with zero attached hydrogens (tertiary/aromatic N) is 2. The predicted molar refractivity (Wildman–Crippen MR) is 154 cm³/mol. The van der Waals surface area contributed by atoms with Gasteiger partial charge in [0.15, 0.2) is 0 Å². The van der Waals surface area contributed by atoms with Crippen molar-refractivity contribution in [1.82, 2.24) is 15.1 Å². The topological polar surface area (TPSA) is 125 Å². The molecule has 2 N–H and O–H groups in total. The second kappa shape index (κ2) is 12.0. The molecule has 0 radical (unpaired) electrons. The van der Waals surface area contributed by atoms with Crippen LogP contribution in [-0.4, -0.2) is 88.1 Å². The summed E-state index contributed by atoms with van der Waals surface area (Å²) < 4.78 is 12.8. The van der Waals surface area contributed by atoms with E-state index in [1.54, 1.807) is 23.1 Å². The third kappa shape index (κ3) is 5.15. The molecule has 1 aromatic carbocycles. The molecular formula is C32H41N3O7. The van der Waals surface area contributed by atoms with Gasteiger partial charge in [-0.25, -0.2) is 0 Å². The Balaban J connectivity index is 1.62. The minimum atomic E-state index is -1.44. The van der Waals surface area contributed by atoms with E-state index < -0.39 is 53.6 Å². The average Bonchev–Trinajstić information content (AvgIpc) is 3.34. The van der Waals surface area contributed by atoms with Crippen molar-refractivity contribution in [3.05, 3.63) is 60.2 Å². The minimum Gasteiger partial charge on any atom is -0.455 e. The SMILES string of the molecule is CC(C)[C@H](CO)N1C(=O)[C@@H]2[C@H]3C(=O)O[C@H](c4ccccc4)CNC(=O)CC/C=C\[C@H]3O[C@@]23C=CCN(C(C)C)C(=O)[C@@H]13. The second-order valence-electron chi connectivity index (χ2n) is 12.2. The van der Waals surface area contributed by atoms with Gasteiger partial charge in [0.1, 0.15) is 23.7 Å². The van der Waals surface area contributed by atoms with Crippen molar-refractivity contribution in [2.45, 2.75) is 76.5 Å². The molecule has 3 amide bonds. The third-order valence-corrected chi connectivity index (χ3v) is 8.95. The summed E-state index contributed by atoms with van der Waals surface area (Å²) in [5.74, 6) is -3.75. The van der Waals surface area contributed by atoms with E-state index in [0.717, 1.165) is 0 Å². The monoisotopic (exact) mass is 579 g/mol. The van der Waals surface area contributed by atoms with Crippen LogP contribution < -0.4 is 5.32 Å². The van der Waals surface area contributed by atoms with Crippen LogP contribution in [0, 0.1) is 17.8 Å². The Kier molecular flexibility index (Phi) is 8.57. The van der Waals surface area contributed by atoms with Crippen molar-refractivity contribution in [3.8, 4) is 0 Å². The molecule has 1 aromatic rings. The first-order valence-electron chi connectivity index (χ1n) is 14.9. The van der Waals surface area contributed by atoms with Crippen LogP contribution in [0.4, 0.5) is 0 Å². The molecule has 4 aliphatic heterocycles. The van der Waals surface area contributed by atoms with Gasteiger partial charge in [0, 0.05) is 19.0 Å². The first-order chi connectivity index (χ1) is 20.1. The van der Waals surface area contributed by atoms with Gasteiger partial charge in [-0.2, -0.15) is 0 Å². The standard InChI is InChI=1S/C32H41N3O7/c1-19(2)22(18-36)35-28-30(39)34(20(3)4)16-10-15-32(28)27(29(35)38)26-23(42-32)13-8-9-14-25(37)33-17-24(41-31(26)40)21-11-6-5-7-12-21/h5-8,10-13,15,19-20,22-24,26-28,36H,9,14,16-18H2,1-4H3,(H,33,37)/b13-8-/t22-,23+,24-,26-,27-,28+,32-/m0/s1. The van der Waals surface area contributed by atoms with Crippen LogP contribution in [0.1, 0.15) is 52.2 Å². The number of aliphatic hydroxyl groups is 1. The van der Waals surface area contributed by atoms with E-state index in [-0.39, 0.29) is 43.3 Å². The predicted octanol–water partition coefficient (Wildman–Crippen LogP) is 2.14. The zero-order valence-corrected chi connectivity index (χ0v) is 24.6. The number of carbonyl (C=O) groups is 4. The maximum absolute atomic E-state index is 14.5. The molecule has 226 valence electrons. The number of carbonyl (C=O) groups excluding carboxylic acids is 4. The Morgan fingerprint density at radius 1 is 1.05 bits per heavy atom. The Hall–Kier alpha value is -3.50. The lowest BCUT2D eigenvalue weighted by Gasteiger charge is -2.40. The molecule has 0 saturated carbocycles. The number of aliphatic hydroxyl groups excluding tert-OH is 1. The summed E-state index contributed by atoms with van der Waals surface area (Å²) in [6.45, 7) is 7.68. The van der Waals surface area contributed by atoms with Gasteiger partial charge in [0.05, 0.1) is 31.2 Å². The fourth-order valence-corrected chi connectivity index (χ4v) is 6.81. The molecule has 5 rings (SSSR count). The van der Waals surface area contributed by atoms with E-state index in [4.69, 9.17) is 9.47 Å². The largest absolute Gasteiger partial charge is 0.455 e. The van der Waals surface area contributed by atoms with E-state index in [1.807, 2.05) is 64.1 Å². The van der Waals surface area contributed by atoms with Crippen LogP contribution in [0.25, 0.3) is 0 Å². The number of hydrogen-bond donors (Lipinski definition) is 2. The van der Waals surface area contributed by atoms with Crippen LogP contribution in [0.15, 0.2) is 54.6 Å². The highest BCUT2D eigenvalue weighted by molar-refractivity contribution is 5.99. The van der Waals surface area contributed by atoms with Gasteiger partial charge >= 0.3 is 5.97 Å². The van der Waals surface area contributed by atoms with Crippen molar-refractivity contribution in [3.63, 3.8) is 0 Å². The van der Waals surface area contributed by atoms with Gasteiger partial charge < -0.3 is 29.7 Å². The first-order valence-corrected chi connectivity index (χ1v) is 14.9. The van der Waals surface area contributed by atoms with Crippen LogP contribution in [-0.2, 0) is 28.7 Å². The molecule has 2 fully saturated rings. The lowest BCUT2D eigenvalue weighted by molar-refractivity contribution is -0.161. The summed E-state index contributed by atoms with van der Waals surface area (Å²) in [5.41, 5.74) is -0.728. The normalized spacial score (nSPS) is 33.3. The van der Waals surface area contributed by atoms with E-state index >= 15 is 0 Å². The number of allylic oxidation sites excluding steroid dienone is 1. The zero-order chi connectivity index (χ0) is 30.2. The van der Waals surface area contributed by atoms with Crippen LogP contribution in [0.2, 0.25) is 0 Å². The van der Waals surface area contributed by atoms with Crippen LogP contribution >= 0.6 is 0 Å². The Bertz CT molecular complexity index is 1260. The van der Waals surface area contributed by atoms with Crippen LogP contribution in [0.3, 0.4) is 0 Å². The smallest absolute Gasteiger partial charge is 0.313 e. The zero-order valence-electron chi connectivity index (χ0n) is 24.6. The van der Waals surface area contributed by atoms with Gasteiger partial charge in [0.2, 0.25) is 17.7 Å². The number of esters is 1. The summed E-state index contributed by atoms with van der Waals surface area (Å²) in [7, 11) is 0. The molecule has 1 spiro atoms. The second-order valence-corrected chi connectivity index (χ2v) is 12.2. The first kappa shape index (κ1) is 30.0. The van der Waals surface area contributed by atoms with Crippen molar-refractivity contribution < 1.29 is 33.8 Å². The number of benzene rings is 1. The van der Waals surface area contributed by atoms with Crippen LogP contribution in [0.5, 0.6) is 0 Å². The number of likely N-dealkylation sites (tertiary alicyclic amines) is 1. The molecule has 0 aliphatic carbocycles. The Morgan fingerprint density at radius 3 is 2.45 bits per heavy atom. The average molecular weight is 580 g/mol. The van der Waals surface area contributed by atoms with Crippen molar-refractivity contribution in [1.29, 1.82) is 0 Å². The van der Waals surface area contributed by atoms with Gasteiger partial charge in [0.25, 0.3) is 0 Å². The van der Waals surface area contributed by atoms with Gasteiger partial charge in [-0.1, -0.05) is 68.5 Å². The molecule has 0 unspecified atom stereocenters. The van der Waals surface area contributed by atoms with Crippen molar-refractivity contribution in [2.75, 3.05) is 19.7 Å². The molecule has 4 heterocycles. The van der Waals surface area contributed by atoms with E-state index in [9.17, 15) is 24.3 Å². The van der Waals surface area contributed by atoms with E-state index in [2.05, 4.69) is 5.32 Å². The highest BCUT2D eigenvalue weighted by Gasteiger charge is 2.72. The van der Waals surface area contributed by atoms with Gasteiger partial charge in [-0.3, -0.25) is 19.2 Å². The highest BCUT2D eigenvalue weighted by Crippen LogP contribution is 2.54. The lowest BCUT2D eigenvalue weighted by atomic mass is 9.77. The number of cyclic esters (lactones) is 1. The number of nitrogens with one attached hydrogen (secondary N) is 1. The number of amides is 3. The summed E-state index contributed by atoms with van der Waals surface area (Å²) in [6.07, 6.45) is 6.13. The maximum atomic E-state index is 14.5. The summed E-state index contributed by atoms with van der Waals surface area (Å²) >= 11 is 0. The molecule has 10 heteroatoms. The summed E-state index contributed by atoms with van der Waals surface area (Å²) in [4.78, 5) is 58.6. The molecule has 10 nitrogen and oxygen atoms in total. The summed E-state index contributed by atoms with van der Waals surface area (Å²) in [6, 6.07) is 7.29. The van der Waals surface area contributed by atoms with Crippen molar-refractivity contribution in [2.24, 2.45) is 17.8 Å².